The molecule has 0 atom stereocenters. The van der Waals surface area contributed by atoms with Crippen LogP contribution < -0.4 is 9.64 Å². The summed E-state index contributed by atoms with van der Waals surface area (Å²) in [4.78, 5) is 16.8. The van der Waals surface area contributed by atoms with Gasteiger partial charge in [-0.3, -0.25) is 4.79 Å². The average molecular weight is 388 g/mol. The molecular formula is C23H24N4O2. The van der Waals surface area contributed by atoms with Crippen LogP contribution in [0.3, 0.4) is 0 Å². The lowest BCUT2D eigenvalue weighted by Crippen LogP contribution is -2.49. The highest BCUT2D eigenvalue weighted by Gasteiger charge is 2.23. The number of carbonyl (C=O) groups excluding carboxylic acids is 1. The van der Waals surface area contributed by atoms with E-state index in [0.717, 1.165) is 35.8 Å². The second-order valence-electron chi connectivity index (χ2n) is 7.22. The van der Waals surface area contributed by atoms with Gasteiger partial charge in [0, 0.05) is 37.8 Å². The summed E-state index contributed by atoms with van der Waals surface area (Å²) in [6.45, 7) is 6.87. The van der Waals surface area contributed by atoms with Crippen LogP contribution in [-0.2, 0) is 0 Å². The number of nitrogens with zero attached hydrogens (tertiary/aromatic N) is 4. The maximum atomic E-state index is 12.8. The number of amides is 1. The number of aromatic nitrogens is 2. The molecule has 6 heteroatoms. The van der Waals surface area contributed by atoms with Crippen LogP contribution in [-0.4, -0.2) is 47.2 Å². The maximum Gasteiger partial charge on any atom is 0.253 e. The summed E-state index contributed by atoms with van der Waals surface area (Å²) in [6.07, 6.45) is 0. The van der Waals surface area contributed by atoms with Gasteiger partial charge in [-0.05, 0) is 55.3 Å². The van der Waals surface area contributed by atoms with Crippen LogP contribution in [0.4, 0.5) is 5.82 Å². The molecule has 4 rings (SSSR count). The standard InChI is InChI=1S/C23H24N4O2/c1-17-8-9-19(16-18(17)2)23(28)27-14-12-26(13-15-27)21-10-11-22(25-24-21)29-20-6-4-3-5-7-20/h3-11,16H,12-15H2,1-2H3. The van der Waals surface area contributed by atoms with E-state index in [1.54, 1.807) is 0 Å². The fourth-order valence-electron chi connectivity index (χ4n) is 3.34. The second kappa shape index (κ2) is 8.31. The van der Waals surface area contributed by atoms with Gasteiger partial charge in [0.25, 0.3) is 5.91 Å². The number of ether oxygens (including phenoxy) is 1. The molecule has 0 spiro atoms. The Morgan fingerprint density at radius 1 is 0.862 bits per heavy atom. The average Bonchev–Trinajstić information content (AvgIpc) is 2.77. The lowest BCUT2D eigenvalue weighted by atomic mass is 10.1. The van der Waals surface area contributed by atoms with Gasteiger partial charge in [-0.15, -0.1) is 10.2 Å². The number of anilines is 1. The van der Waals surface area contributed by atoms with Gasteiger partial charge >= 0.3 is 0 Å². The van der Waals surface area contributed by atoms with Crippen LogP contribution in [0.5, 0.6) is 11.6 Å². The van der Waals surface area contributed by atoms with Crippen molar-refractivity contribution in [3.8, 4) is 11.6 Å². The van der Waals surface area contributed by atoms with E-state index >= 15 is 0 Å². The predicted molar refractivity (Wildman–Crippen MR) is 113 cm³/mol. The van der Waals surface area contributed by atoms with E-state index in [-0.39, 0.29) is 5.91 Å². The zero-order chi connectivity index (χ0) is 20.2. The molecule has 2 aromatic carbocycles. The Balaban J connectivity index is 1.35. The third-order valence-corrected chi connectivity index (χ3v) is 5.24. The normalized spacial score (nSPS) is 14.0. The molecule has 0 N–H and O–H groups in total. The Morgan fingerprint density at radius 2 is 1.62 bits per heavy atom. The fourth-order valence-corrected chi connectivity index (χ4v) is 3.34. The zero-order valence-corrected chi connectivity index (χ0v) is 16.7. The molecule has 1 fully saturated rings. The molecule has 2 heterocycles. The van der Waals surface area contributed by atoms with Crippen LogP contribution in [0.2, 0.25) is 0 Å². The molecule has 0 saturated carbocycles. The van der Waals surface area contributed by atoms with Gasteiger partial charge in [0.1, 0.15) is 5.75 Å². The maximum absolute atomic E-state index is 12.8. The number of carbonyl (C=O) groups is 1. The van der Waals surface area contributed by atoms with Crippen LogP contribution in [0, 0.1) is 13.8 Å². The van der Waals surface area contributed by atoms with Gasteiger partial charge in [-0.2, -0.15) is 0 Å². The number of piperazine rings is 1. The minimum absolute atomic E-state index is 0.0884. The first-order valence-electron chi connectivity index (χ1n) is 9.78. The number of aryl methyl sites for hydroxylation is 2. The van der Waals surface area contributed by atoms with Gasteiger partial charge in [0.05, 0.1) is 0 Å². The van der Waals surface area contributed by atoms with Crippen molar-refractivity contribution in [2.75, 3.05) is 31.1 Å². The highest BCUT2D eigenvalue weighted by Crippen LogP contribution is 2.21. The highest BCUT2D eigenvalue weighted by molar-refractivity contribution is 5.94. The first-order chi connectivity index (χ1) is 14.1. The zero-order valence-electron chi connectivity index (χ0n) is 16.7. The van der Waals surface area contributed by atoms with E-state index in [1.165, 1.54) is 5.56 Å². The van der Waals surface area contributed by atoms with E-state index in [4.69, 9.17) is 4.74 Å². The van der Waals surface area contributed by atoms with Crippen molar-refractivity contribution >= 4 is 11.7 Å². The molecule has 1 amide bonds. The lowest BCUT2D eigenvalue weighted by molar-refractivity contribution is 0.0746. The molecule has 0 radical (unpaired) electrons. The topological polar surface area (TPSA) is 58.6 Å². The van der Waals surface area contributed by atoms with Crippen molar-refractivity contribution in [1.82, 2.24) is 15.1 Å². The summed E-state index contributed by atoms with van der Waals surface area (Å²) in [5, 5.41) is 8.47. The van der Waals surface area contributed by atoms with Crippen LogP contribution >= 0.6 is 0 Å². The molecule has 0 bridgehead atoms. The number of hydrogen-bond acceptors (Lipinski definition) is 5. The molecule has 0 unspecified atom stereocenters. The van der Waals surface area contributed by atoms with Crippen molar-refractivity contribution in [2.45, 2.75) is 13.8 Å². The monoisotopic (exact) mass is 388 g/mol. The molecule has 148 valence electrons. The van der Waals surface area contributed by atoms with Gasteiger partial charge in [-0.25, -0.2) is 0 Å². The molecule has 0 aliphatic carbocycles. The summed E-state index contributed by atoms with van der Waals surface area (Å²) in [6, 6.07) is 19.1. The smallest absolute Gasteiger partial charge is 0.253 e. The largest absolute Gasteiger partial charge is 0.438 e. The first-order valence-corrected chi connectivity index (χ1v) is 9.78. The molecule has 1 aliphatic rings. The van der Waals surface area contributed by atoms with Crippen molar-refractivity contribution in [3.05, 3.63) is 77.4 Å². The first kappa shape index (κ1) is 18.9. The summed E-state index contributed by atoms with van der Waals surface area (Å²) in [5.74, 6) is 2.07. The van der Waals surface area contributed by atoms with Crippen molar-refractivity contribution < 1.29 is 9.53 Å². The minimum Gasteiger partial charge on any atom is -0.438 e. The third-order valence-electron chi connectivity index (χ3n) is 5.24. The van der Waals surface area contributed by atoms with Gasteiger partial charge in [0.2, 0.25) is 5.88 Å². The molecule has 6 nitrogen and oxygen atoms in total. The van der Waals surface area contributed by atoms with Gasteiger partial charge in [-0.1, -0.05) is 24.3 Å². The van der Waals surface area contributed by atoms with E-state index in [2.05, 4.69) is 22.0 Å². The predicted octanol–water partition coefficient (Wildman–Crippen LogP) is 3.85. The van der Waals surface area contributed by atoms with Crippen molar-refractivity contribution in [1.29, 1.82) is 0 Å². The summed E-state index contributed by atoms with van der Waals surface area (Å²) in [7, 11) is 0. The number of rotatable bonds is 4. The number of para-hydroxylation sites is 1. The Bertz CT molecular complexity index is 982. The Kier molecular flexibility index (Phi) is 5.42. The minimum atomic E-state index is 0.0884. The second-order valence-corrected chi connectivity index (χ2v) is 7.22. The molecular weight excluding hydrogens is 364 g/mol. The fraction of sp³-hybridized carbons (Fsp3) is 0.261. The SMILES string of the molecule is Cc1ccc(C(=O)N2CCN(c3ccc(Oc4ccccc4)nn3)CC2)cc1C. The Hall–Kier alpha value is -3.41. The number of benzene rings is 2. The molecule has 29 heavy (non-hydrogen) atoms. The lowest BCUT2D eigenvalue weighted by Gasteiger charge is -2.35. The molecule has 3 aromatic rings. The Morgan fingerprint density at radius 3 is 2.28 bits per heavy atom. The molecule has 1 aromatic heterocycles. The molecule has 1 saturated heterocycles. The van der Waals surface area contributed by atoms with Crippen LogP contribution in [0.1, 0.15) is 21.5 Å². The van der Waals surface area contributed by atoms with Crippen molar-refractivity contribution in [3.63, 3.8) is 0 Å². The summed E-state index contributed by atoms with van der Waals surface area (Å²) >= 11 is 0. The van der Waals surface area contributed by atoms with E-state index < -0.39 is 0 Å². The van der Waals surface area contributed by atoms with Crippen LogP contribution in [0.15, 0.2) is 60.7 Å². The van der Waals surface area contributed by atoms with E-state index in [9.17, 15) is 4.79 Å². The third kappa shape index (κ3) is 4.37. The Labute approximate surface area is 170 Å². The molecule has 1 aliphatic heterocycles. The van der Waals surface area contributed by atoms with Gasteiger partial charge in [0.15, 0.2) is 5.82 Å². The summed E-state index contributed by atoms with van der Waals surface area (Å²) < 4.78 is 5.69. The summed E-state index contributed by atoms with van der Waals surface area (Å²) in [5.41, 5.74) is 3.09. The highest BCUT2D eigenvalue weighted by atomic mass is 16.5. The van der Waals surface area contributed by atoms with Crippen LogP contribution in [0.25, 0.3) is 0 Å². The van der Waals surface area contributed by atoms with E-state index in [0.29, 0.717) is 19.0 Å². The van der Waals surface area contributed by atoms with Crippen molar-refractivity contribution in [2.24, 2.45) is 0 Å². The number of hydrogen-bond donors (Lipinski definition) is 0. The van der Waals surface area contributed by atoms with E-state index in [1.807, 2.05) is 72.5 Å². The quantitative estimate of drug-likeness (QED) is 0.679. The van der Waals surface area contributed by atoms with Gasteiger partial charge < -0.3 is 14.5 Å².